The van der Waals surface area contributed by atoms with Crippen molar-refractivity contribution in [3.63, 3.8) is 0 Å². The predicted octanol–water partition coefficient (Wildman–Crippen LogP) is 6.07. The number of halogens is 4. The summed E-state index contributed by atoms with van der Waals surface area (Å²) in [6.45, 7) is 0. The van der Waals surface area contributed by atoms with Crippen LogP contribution in [0.2, 0.25) is 10.0 Å². The second-order valence-corrected chi connectivity index (χ2v) is 7.26. The van der Waals surface area contributed by atoms with Gasteiger partial charge in [0, 0.05) is 0 Å². The molecular weight excluding hydrogens is 495 g/mol. The number of para-hydroxylation sites is 1. The van der Waals surface area contributed by atoms with Gasteiger partial charge in [0.25, 0.3) is 5.91 Å². The summed E-state index contributed by atoms with van der Waals surface area (Å²) in [5, 5.41) is 12.5. The van der Waals surface area contributed by atoms with Crippen LogP contribution in [0.25, 0.3) is 6.08 Å². The molecule has 0 radical (unpaired) electrons. The van der Waals surface area contributed by atoms with Crippen LogP contribution in [-0.4, -0.2) is 13.0 Å². The minimum atomic E-state index is -0.611. The van der Waals surface area contributed by atoms with Crippen LogP contribution in [0.3, 0.4) is 0 Å². The highest BCUT2D eigenvalue weighted by atomic mass is 79.9. The molecule has 0 aromatic heterocycles. The molecule has 0 aliphatic carbocycles. The Labute approximate surface area is 171 Å². The molecule has 0 spiro atoms. The van der Waals surface area contributed by atoms with Gasteiger partial charge in [0.05, 0.1) is 31.8 Å². The number of carbonyl (C=O) groups is 1. The fraction of sp³-hybridized carbons (Fsp3) is 0.0588. The Balaban J connectivity index is 2.35. The lowest BCUT2D eigenvalue weighted by Crippen LogP contribution is -2.14. The highest BCUT2D eigenvalue weighted by Gasteiger charge is 2.15. The normalized spacial score (nSPS) is 11.0. The summed E-state index contributed by atoms with van der Waals surface area (Å²) < 4.78 is 6.59. The van der Waals surface area contributed by atoms with E-state index in [9.17, 15) is 10.1 Å². The second kappa shape index (κ2) is 8.72. The smallest absolute Gasteiger partial charge is 0.266 e. The molecule has 2 rings (SSSR count). The van der Waals surface area contributed by atoms with Crippen molar-refractivity contribution in [2.45, 2.75) is 0 Å². The first-order chi connectivity index (χ1) is 11.9. The third kappa shape index (κ3) is 4.77. The van der Waals surface area contributed by atoms with Crippen molar-refractivity contribution in [1.82, 2.24) is 0 Å². The second-order valence-electron chi connectivity index (χ2n) is 4.74. The monoisotopic (exact) mass is 502 g/mol. The molecule has 0 aliphatic heterocycles. The number of hydrogen-bond donors (Lipinski definition) is 1. The summed E-state index contributed by atoms with van der Waals surface area (Å²) in [5.74, 6) is 0.00326. The topological polar surface area (TPSA) is 62.1 Å². The Morgan fingerprint density at radius 1 is 1.24 bits per heavy atom. The van der Waals surface area contributed by atoms with Crippen molar-refractivity contribution in [2.24, 2.45) is 0 Å². The van der Waals surface area contributed by atoms with Crippen LogP contribution >= 0.6 is 55.1 Å². The molecule has 8 heteroatoms. The third-order valence-corrected chi connectivity index (χ3v) is 4.91. The number of rotatable bonds is 4. The van der Waals surface area contributed by atoms with E-state index in [2.05, 4.69) is 37.2 Å². The van der Waals surface area contributed by atoms with Gasteiger partial charge in [0.1, 0.15) is 17.4 Å². The van der Waals surface area contributed by atoms with E-state index in [0.29, 0.717) is 20.3 Å². The van der Waals surface area contributed by atoms with Crippen LogP contribution in [0.1, 0.15) is 5.56 Å². The number of nitriles is 1. The number of ether oxygens (including phenoxy) is 1. The molecule has 0 fully saturated rings. The van der Waals surface area contributed by atoms with Crippen molar-refractivity contribution in [3.8, 4) is 11.8 Å². The number of anilines is 1. The van der Waals surface area contributed by atoms with Crippen LogP contribution in [0.4, 0.5) is 5.69 Å². The van der Waals surface area contributed by atoms with Gasteiger partial charge < -0.3 is 10.1 Å². The molecule has 2 aromatic carbocycles. The summed E-state index contributed by atoms with van der Waals surface area (Å²) in [7, 11) is 1.54. The molecule has 25 heavy (non-hydrogen) atoms. The minimum Gasteiger partial charge on any atom is -0.494 e. The molecule has 0 unspecified atom stereocenters. The van der Waals surface area contributed by atoms with Crippen LogP contribution in [0.15, 0.2) is 44.9 Å². The largest absolute Gasteiger partial charge is 0.494 e. The molecule has 0 bridgehead atoms. The number of benzene rings is 2. The van der Waals surface area contributed by atoms with Crippen LogP contribution in [0.5, 0.6) is 5.75 Å². The van der Waals surface area contributed by atoms with E-state index in [-0.39, 0.29) is 21.3 Å². The third-order valence-electron chi connectivity index (χ3n) is 3.10. The Kier molecular flexibility index (Phi) is 6.91. The van der Waals surface area contributed by atoms with Gasteiger partial charge in [-0.15, -0.1) is 0 Å². The summed E-state index contributed by atoms with van der Waals surface area (Å²) in [5.41, 5.74) is 0.797. The Bertz CT molecular complexity index is 865. The van der Waals surface area contributed by atoms with E-state index in [1.165, 1.54) is 6.08 Å². The maximum Gasteiger partial charge on any atom is 0.266 e. The first-order valence-corrected chi connectivity index (χ1v) is 9.11. The van der Waals surface area contributed by atoms with Gasteiger partial charge in [-0.25, -0.2) is 0 Å². The lowest BCUT2D eigenvalue weighted by molar-refractivity contribution is -0.112. The highest BCUT2D eigenvalue weighted by Crippen LogP contribution is 2.35. The Morgan fingerprint density at radius 2 is 1.80 bits per heavy atom. The van der Waals surface area contributed by atoms with Gasteiger partial charge in [-0.2, -0.15) is 5.26 Å². The molecule has 1 N–H and O–H groups in total. The standard InChI is InChI=1S/C17H10Br2Cl2N2O2/c1-25-16-11(18)6-9(7-12(16)19)5-10(8-22)17(24)23-15-13(20)3-2-4-14(15)21/h2-7H,1H3,(H,23,24)/b10-5+. The number of nitrogens with one attached hydrogen (secondary N) is 1. The SMILES string of the molecule is COc1c(Br)cc(/C=C(\C#N)C(=O)Nc2c(Cl)cccc2Cl)cc1Br. The van der Waals surface area contributed by atoms with E-state index < -0.39 is 5.91 Å². The van der Waals surface area contributed by atoms with Crippen molar-refractivity contribution >= 4 is 72.7 Å². The molecule has 4 nitrogen and oxygen atoms in total. The number of amides is 1. The first-order valence-electron chi connectivity index (χ1n) is 6.77. The Morgan fingerprint density at radius 3 is 2.28 bits per heavy atom. The molecule has 0 aliphatic rings. The number of nitrogens with zero attached hydrogens (tertiary/aromatic N) is 1. The zero-order valence-corrected chi connectivity index (χ0v) is 17.4. The summed E-state index contributed by atoms with van der Waals surface area (Å²) in [6, 6.07) is 10.2. The number of hydrogen-bond acceptors (Lipinski definition) is 3. The zero-order valence-electron chi connectivity index (χ0n) is 12.7. The van der Waals surface area contributed by atoms with E-state index in [1.54, 1.807) is 37.4 Å². The molecule has 0 heterocycles. The van der Waals surface area contributed by atoms with Crippen molar-refractivity contribution in [3.05, 3.63) is 60.5 Å². The zero-order chi connectivity index (χ0) is 18.6. The van der Waals surface area contributed by atoms with Crippen molar-refractivity contribution in [1.29, 1.82) is 5.26 Å². The fourth-order valence-electron chi connectivity index (χ4n) is 1.97. The van der Waals surface area contributed by atoms with Gasteiger partial charge in [0.2, 0.25) is 0 Å². The highest BCUT2D eigenvalue weighted by molar-refractivity contribution is 9.11. The summed E-state index contributed by atoms with van der Waals surface area (Å²) >= 11 is 18.8. The lowest BCUT2D eigenvalue weighted by Gasteiger charge is -2.09. The average molecular weight is 505 g/mol. The summed E-state index contributed by atoms with van der Waals surface area (Å²) in [6.07, 6.45) is 1.45. The quantitative estimate of drug-likeness (QED) is 0.406. The Hall–Kier alpha value is -1.52. The maximum absolute atomic E-state index is 12.4. The first kappa shape index (κ1) is 19.8. The van der Waals surface area contributed by atoms with E-state index >= 15 is 0 Å². The van der Waals surface area contributed by atoms with Crippen LogP contribution < -0.4 is 10.1 Å². The number of carbonyl (C=O) groups excluding carboxylic acids is 1. The molecule has 0 atom stereocenters. The fourth-order valence-corrected chi connectivity index (χ4v) is 4.01. The van der Waals surface area contributed by atoms with E-state index in [4.69, 9.17) is 27.9 Å². The molecule has 0 saturated heterocycles. The average Bonchev–Trinajstić information content (AvgIpc) is 2.55. The maximum atomic E-state index is 12.4. The van der Waals surface area contributed by atoms with Crippen molar-refractivity contribution < 1.29 is 9.53 Å². The molecular formula is C17H10Br2Cl2N2O2. The molecule has 128 valence electrons. The van der Waals surface area contributed by atoms with Crippen LogP contribution in [-0.2, 0) is 4.79 Å². The molecule has 0 saturated carbocycles. The lowest BCUT2D eigenvalue weighted by atomic mass is 10.1. The minimum absolute atomic E-state index is 0.0973. The van der Waals surface area contributed by atoms with Gasteiger partial charge in [-0.1, -0.05) is 29.3 Å². The predicted molar refractivity (Wildman–Crippen MR) is 107 cm³/mol. The molecule has 2 aromatic rings. The van der Waals surface area contributed by atoms with E-state index in [1.807, 2.05) is 6.07 Å². The van der Waals surface area contributed by atoms with Crippen LogP contribution in [0, 0.1) is 11.3 Å². The number of methoxy groups -OCH3 is 1. The summed E-state index contributed by atoms with van der Waals surface area (Å²) in [4.78, 5) is 12.4. The van der Waals surface area contributed by atoms with Gasteiger partial charge in [-0.3, -0.25) is 4.79 Å². The van der Waals surface area contributed by atoms with Gasteiger partial charge in [0.15, 0.2) is 0 Å². The van der Waals surface area contributed by atoms with Crippen molar-refractivity contribution in [2.75, 3.05) is 12.4 Å². The molecule has 1 amide bonds. The van der Waals surface area contributed by atoms with E-state index in [0.717, 1.165) is 0 Å². The van der Waals surface area contributed by atoms with Gasteiger partial charge >= 0.3 is 0 Å². The van der Waals surface area contributed by atoms with Gasteiger partial charge in [-0.05, 0) is 67.8 Å².